The molecule has 1 aromatic heterocycles. The Morgan fingerprint density at radius 1 is 1.24 bits per heavy atom. The highest BCUT2D eigenvalue weighted by Gasteiger charge is 2.07. The van der Waals surface area contributed by atoms with Crippen LogP contribution in [0.15, 0.2) is 35.4 Å². The molecular weight excluding hydrogens is 238 g/mol. The van der Waals surface area contributed by atoms with Crippen LogP contribution < -0.4 is 5.73 Å². The lowest BCUT2D eigenvalue weighted by molar-refractivity contribution is 0.602. The van der Waals surface area contributed by atoms with Crippen LogP contribution in [0.1, 0.15) is 5.69 Å². The molecule has 1 heterocycles. The Kier molecular flexibility index (Phi) is 2.66. The summed E-state index contributed by atoms with van der Waals surface area (Å²) in [4.78, 5) is 0.290. The molecule has 0 bridgehead atoms. The summed E-state index contributed by atoms with van der Waals surface area (Å²) in [6, 6.07) is 6.50. The summed E-state index contributed by atoms with van der Waals surface area (Å²) in [7, 11) is -3.16. The summed E-state index contributed by atoms with van der Waals surface area (Å²) in [6.45, 7) is 1.82. The lowest BCUT2D eigenvalue weighted by Crippen LogP contribution is -1.99. The third kappa shape index (κ3) is 2.31. The second-order valence-corrected chi connectivity index (χ2v) is 5.90. The van der Waals surface area contributed by atoms with E-state index in [0.29, 0.717) is 5.69 Å². The largest absolute Gasteiger partial charge is 0.396 e. The summed E-state index contributed by atoms with van der Waals surface area (Å²) in [5, 5.41) is 4.21. The summed E-state index contributed by atoms with van der Waals surface area (Å²) >= 11 is 0. The second-order valence-electron chi connectivity index (χ2n) is 3.88. The normalized spacial score (nSPS) is 11.6. The van der Waals surface area contributed by atoms with Crippen LogP contribution in [0.5, 0.6) is 0 Å². The van der Waals surface area contributed by atoms with Crippen molar-refractivity contribution < 1.29 is 8.42 Å². The van der Waals surface area contributed by atoms with E-state index in [9.17, 15) is 8.42 Å². The number of hydrogen-bond donors (Lipinski definition) is 1. The predicted octanol–water partition coefficient (Wildman–Crippen LogP) is 1.17. The fourth-order valence-electron chi connectivity index (χ4n) is 1.45. The minimum atomic E-state index is -3.16. The molecule has 2 rings (SSSR count). The van der Waals surface area contributed by atoms with Crippen LogP contribution in [0.4, 0.5) is 5.69 Å². The van der Waals surface area contributed by atoms with Gasteiger partial charge in [-0.1, -0.05) is 0 Å². The number of aromatic nitrogens is 2. The smallest absolute Gasteiger partial charge is 0.175 e. The lowest BCUT2D eigenvalue weighted by atomic mass is 10.3. The summed E-state index contributed by atoms with van der Waals surface area (Å²) in [6.07, 6.45) is 2.88. The number of rotatable bonds is 2. The molecule has 2 N–H and O–H groups in total. The minimum absolute atomic E-state index is 0.290. The van der Waals surface area contributed by atoms with E-state index in [1.807, 2.05) is 6.92 Å². The topological polar surface area (TPSA) is 78.0 Å². The number of nitrogens with two attached hydrogens (primary N) is 1. The monoisotopic (exact) mass is 251 g/mol. The van der Waals surface area contributed by atoms with Crippen molar-refractivity contribution in [3.05, 3.63) is 36.2 Å². The SMILES string of the molecule is Cc1nn(-c2ccc(S(C)(=O)=O)cc2)cc1N. The van der Waals surface area contributed by atoms with Gasteiger partial charge in [0, 0.05) is 6.26 Å². The average molecular weight is 251 g/mol. The number of nitrogens with zero attached hydrogens (tertiary/aromatic N) is 2. The number of anilines is 1. The van der Waals surface area contributed by atoms with Crippen molar-refractivity contribution in [3.63, 3.8) is 0 Å². The van der Waals surface area contributed by atoms with Crippen LogP contribution in [0, 0.1) is 6.92 Å². The highest BCUT2D eigenvalue weighted by Crippen LogP contribution is 2.16. The van der Waals surface area contributed by atoms with E-state index >= 15 is 0 Å². The van der Waals surface area contributed by atoms with Crippen molar-refractivity contribution >= 4 is 15.5 Å². The Balaban J connectivity index is 2.42. The molecule has 6 heteroatoms. The van der Waals surface area contributed by atoms with Gasteiger partial charge in [0.05, 0.1) is 28.2 Å². The van der Waals surface area contributed by atoms with Crippen LogP contribution in [-0.4, -0.2) is 24.5 Å². The molecular formula is C11H13N3O2S. The van der Waals surface area contributed by atoms with Gasteiger partial charge >= 0.3 is 0 Å². The van der Waals surface area contributed by atoms with Crippen molar-refractivity contribution in [1.82, 2.24) is 9.78 Å². The van der Waals surface area contributed by atoms with Crippen LogP contribution in [-0.2, 0) is 9.84 Å². The Bertz CT molecular complexity index is 622. The van der Waals surface area contributed by atoms with E-state index in [1.54, 1.807) is 35.1 Å². The van der Waals surface area contributed by atoms with Crippen LogP contribution in [0.3, 0.4) is 0 Å². The number of benzene rings is 1. The number of aryl methyl sites for hydroxylation is 1. The van der Waals surface area contributed by atoms with E-state index < -0.39 is 9.84 Å². The van der Waals surface area contributed by atoms with Gasteiger partial charge in [0.15, 0.2) is 9.84 Å². The first-order valence-electron chi connectivity index (χ1n) is 5.00. The third-order valence-corrected chi connectivity index (χ3v) is 3.59. The molecule has 0 radical (unpaired) electrons. The lowest BCUT2D eigenvalue weighted by Gasteiger charge is -2.02. The van der Waals surface area contributed by atoms with E-state index in [2.05, 4.69) is 5.10 Å². The highest BCUT2D eigenvalue weighted by atomic mass is 32.2. The van der Waals surface area contributed by atoms with Crippen LogP contribution in [0.25, 0.3) is 5.69 Å². The van der Waals surface area contributed by atoms with E-state index in [-0.39, 0.29) is 4.90 Å². The zero-order chi connectivity index (χ0) is 12.6. The minimum Gasteiger partial charge on any atom is -0.396 e. The molecule has 5 nitrogen and oxygen atoms in total. The van der Waals surface area contributed by atoms with Gasteiger partial charge in [-0.3, -0.25) is 0 Å². The molecule has 2 aromatic rings. The summed E-state index contributed by atoms with van der Waals surface area (Å²) < 4.78 is 24.2. The molecule has 0 fully saturated rings. The van der Waals surface area contributed by atoms with Gasteiger partial charge in [0.25, 0.3) is 0 Å². The van der Waals surface area contributed by atoms with E-state index in [0.717, 1.165) is 11.4 Å². The Labute approximate surface area is 99.8 Å². The van der Waals surface area contributed by atoms with Gasteiger partial charge in [-0.2, -0.15) is 5.10 Å². The molecule has 0 amide bonds. The van der Waals surface area contributed by atoms with Gasteiger partial charge in [-0.15, -0.1) is 0 Å². The average Bonchev–Trinajstić information content (AvgIpc) is 2.58. The molecule has 1 aromatic carbocycles. The van der Waals surface area contributed by atoms with Gasteiger partial charge < -0.3 is 5.73 Å². The quantitative estimate of drug-likeness (QED) is 0.869. The Morgan fingerprint density at radius 2 is 1.82 bits per heavy atom. The highest BCUT2D eigenvalue weighted by molar-refractivity contribution is 7.90. The van der Waals surface area contributed by atoms with E-state index in [4.69, 9.17) is 5.73 Å². The van der Waals surface area contributed by atoms with Crippen molar-refractivity contribution in [1.29, 1.82) is 0 Å². The Hall–Kier alpha value is -1.82. The number of hydrogen-bond acceptors (Lipinski definition) is 4. The maximum Gasteiger partial charge on any atom is 0.175 e. The molecule has 0 atom stereocenters. The third-order valence-electron chi connectivity index (χ3n) is 2.47. The fraction of sp³-hybridized carbons (Fsp3) is 0.182. The maximum atomic E-state index is 11.3. The zero-order valence-corrected chi connectivity index (χ0v) is 10.4. The van der Waals surface area contributed by atoms with Crippen LogP contribution in [0.2, 0.25) is 0 Å². The fourth-order valence-corrected chi connectivity index (χ4v) is 2.08. The van der Waals surface area contributed by atoms with Crippen molar-refractivity contribution in [2.75, 3.05) is 12.0 Å². The van der Waals surface area contributed by atoms with Gasteiger partial charge in [0.2, 0.25) is 0 Å². The second kappa shape index (κ2) is 3.89. The predicted molar refractivity (Wildman–Crippen MR) is 65.8 cm³/mol. The molecule has 0 unspecified atom stereocenters. The number of nitrogen functional groups attached to an aromatic ring is 1. The van der Waals surface area contributed by atoms with Crippen LogP contribution >= 0.6 is 0 Å². The van der Waals surface area contributed by atoms with Gasteiger partial charge in [-0.25, -0.2) is 13.1 Å². The maximum absolute atomic E-state index is 11.3. The first kappa shape index (κ1) is 11.7. The molecule has 0 saturated carbocycles. The molecule has 17 heavy (non-hydrogen) atoms. The first-order chi connectivity index (χ1) is 7.88. The summed E-state index contributed by atoms with van der Waals surface area (Å²) in [5.41, 5.74) is 7.83. The molecule has 90 valence electrons. The molecule has 0 saturated heterocycles. The van der Waals surface area contributed by atoms with Gasteiger partial charge in [0.1, 0.15) is 0 Å². The molecule has 0 spiro atoms. The van der Waals surface area contributed by atoms with Crippen molar-refractivity contribution in [2.24, 2.45) is 0 Å². The van der Waals surface area contributed by atoms with Gasteiger partial charge in [-0.05, 0) is 31.2 Å². The van der Waals surface area contributed by atoms with Crippen molar-refractivity contribution in [3.8, 4) is 5.69 Å². The van der Waals surface area contributed by atoms with E-state index in [1.165, 1.54) is 6.26 Å². The molecule has 0 aliphatic rings. The standard InChI is InChI=1S/C11H13N3O2S/c1-8-11(12)7-14(13-8)9-3-5-10(6-4-9)17(2,15)16/h3-7H,12H2,1-2H3. The molecule has 0 aliphatic heterocycles. The van der Waals surface area contributed by atoms with Crippen molar-refractivity contribution in [2.45, 2.75) is 11.8 Å². The summed E-state index contributed by atoms with van der Waals surface area (Å²) in [5.74, 6) is 0. The first-order valence-corrected chi connectivity index (χ1v) is 6.89. The Morgan fingerprint density at radius 3 is 2.24 bits per heavy atom. The zero-order valence-electron chi connectivity index (χ0n) is 9.58. The number of sulfone groups is 1. The molecule has 0 aliphatic carbocycles.